The minimum Gasteiger partial charge on any atom is -0.505 e. The van der Waals surface area contributed by atoms with Crippen molar-refractivity contribution in [3.63, 3.8) is 0 Å². The Kier molecular flexibility index (Phi) is 12.3. The van der Waals surface area contributed by atoms with E-state index < -0.39 is 36.2 Å². The molecule has 36 heavy (non-hydrogen) atoms. The van der Waals surface area contributed by atoms with Gasteiger partial charge in [0.25, 0.3) is 5.91 Å². The zero-order chi connectivity index (χ0) is 26.5. The van der Waals surface area contributed by atoms with E-state index in [1.807, 2.05) is 13.1 Å². The number of hydrogen-bond donors (Lipinski definition) is 3. The highest BCUT2D eigenvalue weighted by Crippen LogP contribution is 2.42. The predicted molar refractivity (Wildman–Crippen MR) is 136 cm³/mol. The molecule has 9 nitrogen and oxygen atoms in total. The van der Waals surface area contributed by atoms with Crippen molar-refractivity contribution >= 4 is 41.0 Å². The van der Waals surface area contributed by atoms with Crippen LogP contribution in [0.1, 0.15) is 35.7 Å². The van der Waals surface area contributed by atoms with E-state index in [1.54, 1.807) is 31.2 Å². The second kappa shape index (κ2) is 15.2. The average Bonchev–Trinajstić information content (AvgIpc) is 2.86. The third-order valence-electron chi connectivity index (χ3n) is 4.97. The molecule has 0 aromatic heterocycles. The van der Waals surface area contributed by atoms with E-state index >= 15 is 0 Å². The number of benzene rings is 2. The van der Waals surface area contributed by atoms with Gasteiger partial charge in [-0.2, -0.15) is 0 Å². The van der Waals surface area contributed by atoms with Gasteiger partial charge in [0.15, 0.2) is 18.1 Å². The van der Waals surface area contributed by atoms with E-state index in [9.17, 15) is 19.5 Å². The van der Waals surface area contributed by atoms with Gasteiger partial charge in [-0.25, -0.2) is 9.59 Å². The fraction of sp³-hybridized carbons (Fsp3) is 0.400. The molecule has 196 valence electrons. The summed E-state index contributed by atoms with van der Waals surface area (Å²) in [5, 5.41) is 15.9. The number of phenols is 1. The van der Waals surface area contributed by atoms with Gasteiger partial charge >= 0.3 is 11.9 Å². The third-order valence-corrected chi connectivity index (χ3v) is 5.60. The Balaban J connectivity index is 2.18. The number of halogens is 2. The number of aromatic hydroxyl groups is 1. The van der Waals surface area contributed by atoms with Crippen LogP contribution in [0.2, 0.25) is 10.0 Å². The first-order valence-corrected chi connectivity index (χ1v) is 12.2. The zero-order valence-electron chi connectivity index (χ0n) is 20.1. The molecule has 0 saturated heterocycles. The molecule has 2 aromatic rings. The topological polar surface area (TPSA) is 123 Å². The van der Waals surface area contributed by atoms with E-state index in [2.05, 4.69) is 10.6 Å². The molecule has 1 atom stereocenters. The van der Waals surface area contributed by atoms with Crippen LogP contribution in [0, 0.1) is 0 Å². The highest BCUT2D eigenvalue weighted by atomic mass is 35.5. The molecule has 0 radical (unpaired) electrons. The van der Waals surface area contributed by atoms with Gasteiger partial charge in [0.05, 0.1) is 23.8 Å². The fourth-order valence-electron chi connectivity index (χ4n) is 3.19. The Morgan fingerprint density at radius 1 is 1.08 bits per heavy atom. The molecule has 2 rings (SSSR count). The van der Waals surface area contributed by atoms with Crippen molar-refractivity contribution in [3.05, 3.63) is 57.6 Å². The SMILES string of the molecule is CCOC(=O)COC(=O)[C@@H](Cc1ccccc1)NC(=O)c1cc(Cl)c(OCCCCNC)c(Cl)c1O. The second-order valence-electron chi connectivity index (χ2n) is 7.69. The number of unbranched alkanes of at least 4 members (excludes halogenated alkanes) is 1. The molecule has 0 spiro atoms. The second-order valence-corrected chi connectivity index (χ2v) is 8.47. The molecule has 1 amide bonds. The van der Waals surface area contributed by atoms with Crippen LogP contribution in [0.3, 0.4) is 0 Å². The Morgan fingerprint density at radius 3 is 2.47 bits per heavy atom. The summed E-state index contributed by atoms with van der Waals surface area (Å²) in [6.45, 7) is 2.30. The summed E-state index contributed by atoms with van der Waals surface area (Å²) < 4.78 is 15.4. The number of amides is 1. The van der Waals surface area contributed by atoms with Crippen LogP contribution in [0.5, 0.6) is 11.5 Å². The van der Waals surface area contributed by atoms with Crippen molar-refractivity contribution in [1.82, 2.24) is 10.6 Å². The lowest BCUT2D eigenvalue weighted by atomic mass is 10.1. The number of ether oxygens (including phenoxy) is 3. The summed E-state index contributed by atoms with van der Waals surface area (Å²) in [5.74, 6) is -2.86. The Labute approximate surface area is 220 Å². The summed E-state index contributed by atoms with van der Waals surface area (Å²) in [6, 6.07) is 8.95. The molecular formula is C25H30Cl2N2O7. The minimum atomic E-state index is -1.17. The van der Waals surface area contributed by atoms with Crippen LogP contribution < -0.4 is 15.4 Å². The van der Waals surface area contributed by atoms with Crippen molar-refractivity contribution in [3.8, 4) is 11.5 Å². The monoisotopic (exact) mass is 540 g/mol. The molecule has 0 bridgehead atoms. The number of nitrogens with one attached hydrogen (secondary N) is 2. The van der Waals surface area contributed by atoms with E-state index in [0.717, 1.165) is 24.9 Å². The van der Waals surface area contributed by atoms with Crippen molar-refractivity contribution in [2.24, 2.45) is 0 Å². The van der Waals surface area contributed by atoms with E-state index in [0.29, 0.717) is 6.61 Å². The molecule has 0 heterocycles. The quantitative estimate of drug-likeness (QED) is 0.245. The molecule has 0 saturated carbocycles. The van der Waals surface area contributed by atoms with Crippen molar-refractivity contribution in [1.29, 1.82) is 0 Å². The Bertz CT molecular complexity index is 1030. The van der Waals surface area contributed by atoms with Crippen LogP contribution in [0.25, 0.3) is 0 Å². The van der Waals surface area contributed by atoms with Gasteiger partial charge < -0.3 is 30.0 Å². The molecule has 0 fully saturated rings. The van der Waals surface area contributed by atoms with E-state index in [4.69, 9.17) is 37.4 Å². The first-order valence-electron chi connectivity index (χ1n) is 11.4. The molecule has 3 N–H and O–H groups in total. The standard InChI is InChI=1S/C25H30Cl2N2O7/c1-3-34-20(30)15-36-25(33)19(13-16-9-5-4-6-10-16)29-24(32)17-14-18(26)23(21(27)22(17)31)35-12-8-7-11-28-2/h4-6,9-10,14,19,28,31H,3,7-8,11-13,15H2,1-2H3,(H,29,32)/t19-/m1/s1. The number of esters is 2. The lowest BCUT2D eigenvalue weighted by molar-refractivity contribution is -0.159. The maximum atomic E-state index is 13.0. The smallest absolute Gasteiger partial charge is 0.344 e. The zero-order valence-corrected chi connectivity index (χ0v) is 21.7. The van der Waals surface area contributed by atoms with Crippen LogP contribution >= 0.6 is 23.2 Å². The van der Waals surface area contributed by atoms with Gasteiger partial charge in [0.2, 0.25) is 0 Å². The highest BCUT2D eigenvalue weighted by Gasteiger charge is 2.27. The third kappa shape index (κ3) is 8.89. The van der Waals surface area contributed by atoms with Crippen LogP contribution in [-0.2, 0) is 25.5 Å². The lowest BCUT2D eigenvalue weighted by Crippen LogP contribution is -2.44. The minimum absolute atomic E-state index is 0.0288. The van der Waals surface area contributed by atoms with Crippen LogP contribution in [-0.4, -0.2) is 62.4 Å². The number of hydrogen-bond acceptors (Lipinski definition) is 8. The summed E-state index contributed by atoms with van der Waals surface area (Å²) in [6.07, 6.45) is 1.67. The van der Waals surface area contributed by atoms with Gasteiger partial charge in [-0.3, -0.25) is 4.79 Å². The molecule has 0 aliphatic carbocycles. The lowest BCUT2D eigenvalue weighted by Gasteiger charge is -2.19. The largest absolute Gasteiger partial charge is 0.505 e. The summed E-state index contributed by atoms with van der Waals surface area (Å²) >= 11 is 12.5. The fourth-order valence-corrected chi connectivity index (χ4v) is 3.75. The van der Waals surface area contributed by atoms with E-state index in [1.165, 1.54) is 6.07 Å². The number of phenolic OH excluding ortho intramolecular Hbond substituents is 1. The van der Waals surface area contributed by atoms with Gasteiger partial charge in [-0.1, -0.05) is 53.5 Å². The first kappa shape index (κ1) is 29.2. The number of carbonyl (C=O) groups is 3. The number of carbonyl (C=O) groups excluding carboxylic acids is 3. The maximum Gasteiger partial charge on any atom is 0.344 e. The summed E-state index contributed by atoms with van der Waals surface area (Å²) in [4.78, 5) is 37.3. The molecule has 0 aliphatic heterocycles. The maximum absolute atomic E-state index is 13.0. The van der Waals surface area contributed by atoms with Crippen LogP contribution in [0.15, 0.2) is 36.4 Å². The van der Waals surface area contributed by atoms with Gasteiger partial charge in [-0.05, 0) is 45.0 Å². The van der Waals surface area contributed by atoms with Gasteiger partial charge in [-0.15, -0.1) is 0 Å². The highest BCUT2D eigenvalue weighted by molar-refractivity contribution is 6.39. The average molecular weight is 541 g/mol. The van der Waals surface area contributed by atoms with Gasteiger partial charge in [0, 0.05) is 6.42 Å². The molecule has 0 aliphatic rings. The molecular weight excluding hydrogens is 511 g/mol. The van der Waals surface area contributed by atoms with Crippen molar-refractivity contribution in [2.45, 2.75) is 32.2 Å². The predicted octanol–water partition coefficient (Wildman–Crippen LogP) is 3.52. The first-order chi connectivity index (χ1) is 17.3. The Morgan fingerprint density at radius 2 is 1.81 bits per heavy atom. The van der Waals surface area contributed by atoms with Crippen molar-refractivity contribution < 1.29 is 33.7 Å². The van der Waals surface area contributed by atoms with Gasteiger partial charge in [0.1, 0.15) is 11.1 Å². The summed E-state index contributed by atoms with van der Waals surface area (Å²) in [7, 11) is 1.85. The Hall–Kier alpha value is -3.01. The van der Waals surface area contributed by atoms with Crippen LogP contribution in [0.4, 0.5) is 0 Å². The van der Waals surface area contributed by atoms with E-state index in [-0.39, 0.29) is 34.4 Å². The van der Waals surface area contributed by atoms with Crippen molar-refractivity contribution in [2.75, 3.05) is 33.4 Å². The normalized spacial score (nSPS) is 11.4. The summed E-state index contributed by atoms with van der Waals surface area (Å²) in [5.41, 5.74) is 0.488. The molecule has 0 unspecified atom stereocenters. The number of rotatable bonds is 14. The molecule has 2 aromatic carbocycles. The molecule has 11 heteroatoms.